The molecule has 1 saturated heterocycles. The van der Waals surface area contributed by atoms with Crippen molar-refractivity contribution in [1.29, 1.82) is 0 Å². The van der Waals surface area contributed by atoms with Crippen molar-refractivity contribution in [2.75, 3.05) is 44.0 Å². The first kappa shape index (κ1) is 11.3. The van der Waals surface area contributed by atoms with Gasteiger partial charge in [-0.1, -0.05) is 0 Å². The minimum absolute atomic E-state index is 0.647. The summed E-state index contributed by atoms with van der Waals surface area (Å²) in [7, 11) is 6.19. The van der Waals surface area contributed by atoms with Crippen LogP contribution in [0.25, 0.3) is 0 Å². The molecule has 0 saturated carbocycles. The fraction of sp³-hybridized carbons (Fsp3) is 0.538. The molecule has 16 heavy (non-hydrogen) atoms. The second kappa shape index (κ2) is 4.74. The minimum atomic E-state index is 0.647. The van der Waals surface area contributed by atoms with Crippen LogP contribution >= 0.6 is 0 Å². The monoisotopic (exact) mass is 219 g/mol. The molecule has 0 amide bonds. The molecule has 1 N–H and O–H groups in total. The molecule has 1 heterocycles. The maximum Gasteiger partial charge on any atom is 0.0368 e. The zero-order valence-electron chi connectivity index (χ0n) is 10.4. The number of benzene rings is 1. The molecule has 0 spiro atoms. The molecular formula is C13H21N3. The molecule has 0 aromatic heterocycles. The Morgan fingerprint density at radius 3 is 2.44 bits per heavy atom. The Balaban J connectivity index is 2.05. The molecule has 1 atom stereocenters. The van der Waals surface area contributed by atoms with E-state index in [-0.39, 0.29) is 0 Å². The molecule has 3 heteroatoms. The van der Waals surface area contributed by atoms with Crippen molar-refractivity contribution in [3.8, 4) is 0 Å². The molecule has 88 valence electrons. The maximum absolute atomic E-state index is 3.34. The fourth-order valence-corrected chi connectivity index (χ4v) is 2.19. The molecule has 1 aromatic rings. The van der Waals surface area contributed by atoms with E-state index in [1.54, 1.807) is 0 Å². The first-order valence-corrected chi connectivity index (χ1v) is 5.90. The van der Waals surface area contributed by atoms with E-state index in [1.807, 2.05) is 7.05 Å². The number of hydrogen-bond donors (Lipinski definition) is 1. The molecule has 1 aliphatic rings. The smallest absolute Gasteiger partial charge is 0.0368 e. The third-order valence-corrected chi connectivity index (χ3v) is 3.33. The summed E-state index contributed by atoms with van der Waals surface area (Å²) in [5, 5.41) is 3.34. The number of likely N-dealkylation sites (N-methyl/N-ethyl adjacent to an activating group) is 1. The highest BCUT2D eigenvalue weighted by atomic mass is 15.2. The highest BCUT2D eigenvalue weighted by molar-refractivity contribution is 5.56. The van der Waals surface area contributed by atoms with E-state index in [9.17, 15) is 0 Å². The lowest BCUT2D eigenvalue weighted by atomic mass is 10.2. The van der Waals surface area contributed by atoms with E-state index in [0.717, 1.165) is 13.1 Å². The number of nitrogens with one attached hydrogen (secondary N) is 1. The van der Waals surface area contributed by atoms with Crippen LogP contribution in [0.4, 0.5) is 11.4 Å². The molecular weight excluding hydrogens is 198 g/mol. The summed E-state index contributed by atoms with van der Waals surface area (Å²) in [6.07, 6.45) is 1.24. The molecule has 1 aliphatic heterocycles. The van der Waals surface area contributed by atoms with Gasteiger partial charge in [0.15, 0.2) is 0 Å². The van der Waals surface area contributed by atoms with E-state index in [2.05, 4.69) is 53.5 Å². The van der Waals surface area contributed by atoms with Crippen molar-refractivity contribution >= 4 is 11.4 Å². The second-order valence-electron chi connectivity index (χ2n) is 4.63. The fourth-order valence-electron chi connectivity index (χ4n) is 2.19. The SMILES string of the molecule is CNC1CCN(c2ccc(N(C)C)cc2)C1. The summed E-state index contributed by atoms with van der Waals surface area (Å²) in [4.78, 5) is 4.57. The van der Waals surface area contributed by atoms with Gasteiger partial charge in [-0.05, 0) is 37.7 Å². The molecule has 0 bridgehead atoms. The van der Waals surface area contributed by atoms with Crippen molar-refractivity contribution in [2.24, 2.45) is 0 Å². The quantitative estimate of drug-likeness (QED) is 0.832. The molecule has 3 nitrogen and oxygen atoms in total. The lowest BCUT2D eigenvalue weighted by Gasteiger charge is -2.20. The van der Waals surface area contributed by atoms with E-state index >= 15 is 0 Å². The van der Waals surface area contributed by atoms with Gasteiger partial charge in [0.2, 0.25) is 0 Å². The van der Waals surface area contributed by atoms with E-state index in [1.165, 1.54) is 17.8 Å². The maximum atomic E-state index is 3.34. The Labute approximate surface area is 98.0 Å². The number of rotatable bonds is 3. The van der Waals surface area contributed by atoms with Crippen LogP contribution in [0.1, 0.15) is 6.42 Å². The Hall–Kier alpha value is -1.22. The average molecular weight is 219 g/mol. The van der Waals surface area contributed by atoms with Gasteiger partial charge in [0.05, 0.1) is 0 Å². The summed E-state index contributed by atoms with van der Waals surface area (Å²) in [6, 6.07) is 9.44. The zero-order valence-corrected chi connectivity index (χ0v) is 10.4. The number of anilines is 2. The van der Waals surface area contributed by atoms with Crippen LogP contribution in [0.3, 0.4) is 0 Å². The highest BCUT2D eigenvalue weighted by Crippen LogP contribution is 2.23. The Kier molecular flexibility index (Phi) is 3.34. The van der Waals surface area contributed by atoms with E-state index in [4.69, 9.17) is 0 Å². The minimum Gasteiger partial charge on any atom is -0.378 e. The predicted molar refractivity (Wildman–Crippen MR) is 70.4 cm³/mol. The van der Waals surface area contributed by atoms with Crippen LogP contribution < -0.4 is 15.1 Å². The van der Waals surface area contributed by atoms with Crippen molar-refractivity contribution < 1.29 is 0 Å². The van der Waals surface area contributed by atoms with Crippen LogP contribution in [0.15, 0.2) is 24.3 Å². The van der Waals surface area contributed by atoms with Crippen molar-refractivity contribution in [1.82, 2.24) is 5.32 Å². The van der Waals surface area contributed by atoms with E-state index < -0.39 is 0 Å². The number of nitrogens with zero attached hydrogens (tertiary/aromatic N) is 2. The number of hydrogen-bond acceptors (Lipinski definition) is 3. The first-order chi connectivity index (χ1) is 7.70. The first-order valence-electron chi connectivity index (χ1n) is 5.90. The van der Waals surface area contributed by atoms with Gasteiger partial charge in [-0.2, -0.15) is 0 Å². The second-order valence-corrected chi connectivity index (χ2v) is 4.63. The van der Waals surface area contributed by atoms with Crippen molar-refractivity contribution in [3.05, 3.63) is 24.3 Å². The molecule has 1 fully saturated rings. The van der Waals surface area contributed by atoms with Crippen LogP contribution in [0.2, 0.25) is 0 Å². The lowest BCUT2D eigenvalue weighted by Crippen LogP contribution is -2.29. The van der Waals surface area contributed by atoms with E-state index in [0.29, 0.717) is 6.04 Å². The molecule has 2 rings (SSSR count). The molecule has 1 aromatic carbocycles. The van der Waals surface area contributed by atoms with Crippen LogP contribution in [0, 0.1) is 0 Å². The van der Waals surface area contributed by atoms with Crippen LogP contribution in [0.5, 0.6) is 0 Å². The summed E-state index contributed by atoms with van der Waals surface area (Å²) in [5.41, 5.74) is 2.59. The Morgan fingerprint density at radius 2 is 1.94 bits per heavy atom. The third-order valence-electron chi connectivity index (χ3n) is 3.33. The van der Waals surface area contributed by atoms with Gasteiger partial charge in [0.1, 0.15) is 0 Å². The predicted octanol–water partition coefficient (Wildman–Crippen LogP) is 1.55. The van der Waals surface area contributed by atoms with Gasteiger partial charge < -0.3 is 15.1 Å². The highest BCUT2D eigenvalue weighted by Gasteiger charge is 2.20. The van der Waals surface area contributed by atoms with Crippen molar-refractivity contribution in [2.45, 2.75) is 12.5 Å². The van der Waals surface area contributed by atoms with Gasteiger partial charge in [-0.3, -0.25) is 0 Å². The largest absolute Gasteiger partial charge is 0.378 e. The van der Waals surface area contributed by atoms with Gasteiger partial charge in [-0.25, -0.2) is 0 Å². The average Bonchev–Trinajstić information content (AvgIpc) is 2.77. The zero-order chi connectivity index (χ0) is 11.5. The van der Waals surface area contributed by atoms with Crippen LogP contribution in [-0.4, -0.2) is 40.3 Å². The van der Waals surface area contributed by atoms with Gasteiger partial charge in [0, 0.05) is 44.6 Å². The Bertz CT molecular complexity index is 332. The summed E-state index contributed by atoms with van der Waals surface area (Å²) in [5.74, 6) is 0. The third kappa shape index (κ3) is 2.30. The van der Waals surface area contributed by atoms with Gasteiger partial charge >= 0.3 is 0 Å². The Morgan fingerprint density at radius 1 is 1.25 bits per heavy atom. The summed E-state index contributed by atoms with van der Waals surface area (Å²) in [6.45, 7) is 2.28. The van der Waals surface area contributed by atoms with Crippen LogP contribution in [-0.2, 0) is 0 Å². The lowest BCUT2D eigenvalue weighted by molar-refractivity contribution is 0.617. The molecule has 0 aliphatic carbocycles. The summed E-state index contributed by atoms with van der Waals surface area (Å²) >= 11 is 0. The standard InChI is InChI=1S/C13H21N3/c1-14-11-8-9-16(10-11)13-6-4-12(5-7-13)15(2)3/h4-7,11,14H,8-10H2,1-3H3. The van der Waals surface area contributed by atoms with Gasteiger partial charge in [-0.15, -0.1) is 0 Å². The normalized spacial score (nSPS) is 20.2. The molecule has 0 radical (unpaired) electrons. The van der Waals surface area contributed by atoms with Gasteiger partial charge in [0.25, 0.3) is 0 Å². The topological polar surface area (TPSA) is 18.5 Å². The molecule has 1 unspecified atom stereocenters. The summed E-state index contributed by atoms with van der Waals surface area (Å²) < 4.78 is 0. The van der Waals surface area contributed by atoms with Crippen molar-refractivity contribution in [3.63, 3.8) is 0 Å².